The number of hydrogen-bond acceptors (Lipinski definition) is 7. The Morgan fingerprint density at radius 1 is 1.11 bits per heavy atom. The second-order valence-corrected chi connectivity index (χ2v) is 19.6. The Morgan fingerprint density at radius 3 is 2.61 bits per heavy atom. The number of aliphatic hydroxyl groups excluding tert-OH is 1. The molecule has 4 aliphatic heterocycles. The standard InChI is InChI=1S/C36H56O7Si/c1-24-17-18-39-28(20-24)15-16-31(43-44(7,8)36(4,5)6)32-23-33-35(42-33)30(37)22-26(3)19-25(2)21-29-13-9-11-27(40-29)12-10-14-34(38)41-32/h9-11,14-17,25,27-33,35,37H,3,12-13,18-23H2,1-2,4-8H3/b14-10-,16-15+/t25-,27-,28+,29-,30-,31?,32-,33+,35-/m0/s1. The van der Waals surface area contributed by atoms with Gasteiger partial charge in [-0.2, -0.15) is 0 Å². The fraction of sp³-hybridized carbons (Fsp3) is 0.694. The summed E-state index contributed by atoms with van der Waals surface area (Å²) in [4.78, 5) is 13.3. The van der Waals surface area contributed by atoms with Gasteiger partial charge in [0.1, 0.15) is 18.3 Å². The minimum Gasteiger partial charge on any atom is -0.456 e. The average Bonchev–Trinajstić information content (AvgIpc) is 3.69. The van der Waals surface area contributed by atoms with Crippen LogP contribution in [0.2, 0.25) is 18.1 Å². The monoisotopic (exact) mass is 628 g/mol. The van der Waals surface area contributed by atoms with Gasteiger partial charge in [0.05, 0.1) is 37.1 Å². The zero-order chi connectivity index (χ0) is 32.1. The van der Waals surface area contributed by atoms with Crippen LogP contribution in [0.5, 0.6) is 0 Å². The number of hydrogen-bond donors (Lipinski definition) is 1. The molecule has 4 rings (SSSR count). The Hall–Kier alpha value is -1.81. The molecule has 0 aromatic carbocycles. The zero-order valence-electron chi connectivity index (χ0n) is 28.0. The van der Waals surface area contributed by atoms with E-state index < -0.39 is 32.6 Å². The number of fused-ring (bicyclic) bond motifs is 3. The second kappa shape index (κ2) is 15.2. The van der Waals surface area contributed by atoms with Gasteiger partial charge in [-0.05, 0) is 69.5 Å². The molecule has 1 N–H and O–H groups in total. The van der Waals surface area contributed by atoms with Crippen LogP contribution in [-0.2, 0) is 28.2 Å². The summed E-state index contributed by atoms with van der Waals surface area (Å²) in [5.41, 5.74) is 2.32. The maximum Gasteiger partial charge on any atom is 0.330 e. The molecule has 0 radical (unpaired) electrons. The van der Waals surface area contributed by atoms with Crippen molar-refractivity contribution in [2.75, 3.05) is 6.61 Å². The minimum atomic E-state index is -2.27. The fourth-order valence-electron chi connectivity index (χ4n) is 6.07. The quantitative estimate of drug-likeness (QED) is 0.150. The molecule has 0 aromatic heterocycles. The molecule has 0 saturated carbocycles. The van der Waals surface area contributed by atoms with E-state index >= 15 is 0 Å². The van der Waals surface area contributed by atoms with Gasteiger partial charge in [-0.25, -0.2) is 4.79 Å². The van der Waals surface area contributed by atoms with Crippen LogP contribution in [0, 0.1) is 5.92 Å². The van der Waals surface area contributed by atoms with E-state index in [-0.39, 0.29) is 35.6 Å². The van der Waals surface area contributed by atoms with Crippen LogP contribution in [0.25, 0.3) is 0 Å². The second-order valence-electron chi connectivity index (χ2n) is 14.9. The maximum absolute atomic E-state index is 13.3. The van der Waals surface area contributed by atoms with Crippen molar-refractivity contribution in [3.05, 3.63) is 60.3 Å². The highest BCUT2D eigenvalue weighted by atomic mass is 28.4. The minimum absolute atomic E-state index is 0.0448. The molecule has 0 aliphatic carbocycles. The molecule has 1 fully saturated rings. The largest absolute Gasteiger partial charge is 0.456 e. The molecule has 4 heterocycles. The van der Waals surface area contributed by atoms with E-state index in [0.29, 0.717) is 31.8 Å². The van der Waals surface area contributed by atoms with Crippen LogP contribution in [0.3, 0.4) is 0 Å². The number of esters is 1. The lowest BCUT2D eigenvalue weighted by molar-refractivity contribution is -0.147. The number of rotatable bonds is 5. The number of aliphatic hydroxyl groups is 1. The maximum atomic E-state index is 13.3. The lowest BCUT2D eigenvalue weighted by atomic mass is 9.91. The van der Waals surface area contributed by atoms with Crippen molar-refractivity contribution in [1.82, 2.24) is 0 Å². The van der Waals surface area contributed by atoms with Crippen molar-refractivity contribution in [2.45, 2.75) is 147 Å². The Morgan fingerprint density at radius 2 is 1.89 bits per heavy atom. The highest BCUT2D eigenvalue weighted by Crippen LogP contribution is 2.40. The summed E-state index contributed by atoms with van der Waals surface area (Å²) in [7, 11) is -2.27. The van der Waals surface area contributed by atoms with Crippen LogP contribution < -0.4 is 0 Å². The van der Waals surface area contributed by atoms with Gasteiger partial charge >= 0.3 is 5.97 Å². The first kappa shape index (κ1) is 35.0. The molecule has 1 unspecified atom stereocenters. The number of carbonyl (C=O) groups is 1. The molecule has 7 nitrogen and oxygen atoms in total. The number of carbonyl (C=O) groups excluding carboxylic acids is 1. The molecule has 9 atom stereocenters. The van der Waals surface area contributed by atoms with E-state index in [0.717, 1.165) is 31.3 Å². The SMILES string of the molecule is C=C1C[C@H](C)C[C@@H]2CC=C[C@@H](C/C=C\C(=O)O[C@H](C(/C=C/[C@@H]3CC(C)=CCO3)O[Si](C)(C)C(C)(C)C)C[C@H]3O[C@H]3[C@@H](O)C1)O2. The summed E-state index contributed by atoms with van der Waals surface area (Å²) in [6.07, 6.45) is 16.5. The molecule has 0 aromatic rings. The van der Waals surface area contributed by atoms with Gasteiger partial charge in [-0.3, -0.25) is 0 Å². The van der Waals surface area contributed by atoms with E-state index in [4.69, 9.17) is 23.4 Å². The van der Waals surface area contributed by atoms with Gasteiger partial charge in [0.15, 0.2) is 8.32 Å². The summed E-state index contributed by atoms with van der Waals surface area (Å²) in [6.45, 7) is 20.2. The molecule has 0 amide bonds. The summed E-state index contributed by atoms with van der Waals surface area (Å²) in [5.74, 6) is -0.0267. The molecule has 8 heteroatoms. The van der Waals surface area contributed by atoms with Gasteiger partial charge in [-0.1, -0.05) is 81.9 Å². The highest BCUT2D eigenvalue weighted by molar-refractivity contribution is 6.74. The summed E-state index contributed by atoms with van der Waals surface area (Å²) < 4.78 is 31.4. The van der Waals surface area contributed by atoms with Crippen molar-refractivity contribution in [3.8, 4) is 0 Å². The van der Waals surface area contributed by atoms with Gasteiger partial charge < -0.3 is 28.5 Å². The summed E-state index contributed by atoms with van der Waals surface area (Å²) in [5, 5.41) is 11.0. The molecular weight excluding hydrogens is 572 g/mol. The number of cyclic esters (lactones) is 1. The topological polar surface area (TPSA) is 86.8 Å². The zero-order valence-corrected chi connectivity index (χ0v) is 29.0. The van der Waals surface area contributed by atoms with E-state index in [9.17, 15) is 9.90 Å². The number of ether oxygens (including phenoxy) is 4. The van der Waals surface area contributed by atoms with Crippen molar-refractivity contribution in [1.29, 1.82) is 0 Å². The average molecular weight is 629 g/mol. The predicted octanol–water partition coefficient (Wildman–Crippen LogP) is 7.13. The normalized spacial score (nSPS) is 36.0. The molecule has 2 bridgehead atoms. The molecule has 0 spiro atoms. The first-order valence-electron chi connectivity index (χ1n) is 16.5. The Balaban J connectivity index is 1.59. The highest BCUT2D eigenvalue weighted by Gasteiger charge is 2.48. The smallest absolute Gasteiger partial charge is 0.330 e. The van der Waals surface area contributed by atoms with Crippen molar-refractivity contribution in [3.63, 3.8) is 0 Å². The fourth-order valence-corrected chi connectivity index (χ4v) is 7.34. The van der Waals surface area contributed by atoms with Crippen LogP contribution in [-0.4, -0.2) is 74.8 Å². The molecule has 4 aliphatic rings. The van der Waals surface area contributed by atoms with E-state index in [1.165, 1.54) is 11.6 Å². The Bertz CT molecular complexity index is 1120. The lowest BCUT2D eigenvalue weighted by Crippen LogP contribution is -2.47. The first-order chi connectivity index (χ1) is 20.7. The van der Waals surface area contributed by atoms with Gasteiger partial charge in [0, 0.05) is 12.5 Å². The van der Waals surface area contributed by atoms with Gasteiger partial charge in [0.2, 0.25) is 0 Å². The van der Waals surface area contributed by atoms with Crippen LogP contribution in [0.4, 0.5) is 0 Å². The summed E-state index contributed by atoms with van der Waals surface area (Å²) in [6, 6.07) is 0. The molecular formula is C36H56O7Si. The third-order valence-corrected chi connectivity index (χ3v) is 14.1. The van der Waals surface area contributed by atoms with E-state index in [1.54, 1.807) is 0 Å². The Labute approximate surface area is 266 Å². The lowest BCUT2D eigenvalue weighted by Gasteiger charge is -2.40. The molecule has 1 saturated heterocycles. The molecule has 246 valence electrons. The van der Waals surface area contributed by atoms with E-state index in [2.05, 4.69) is 78.6 Å². The predicted molar refractivity (Wildman–Crippen MR) is 177 cm³/mol. The van der Waals surface area contributed by atoms with Gasteiger partial charge in [-0.15, -0.1) is 0 Å². The molecule has 44 heavy (non-hydrogen) atoms. The van der Waals surface area contributed by atoms with Crippen molar-refractivity contribution in [2.24, 2.45) is 5.92 Å². The Kier molecular flexibility index (Phi) is 12.1. The van der Waals surface area contributed by atoms with Crippen LogP contribution >= 0.6 is 0 Å². The van der Waals surface area contributed by atoms with Crippen LogP contribution in [0.1, 0.15) is 79.6 Å². The first-order valence-corrected chi connectivity index (χ1v) is 19.4. The third kappa shape index (κ3) is 10.4. The van der Waals surface area contributed by atoms with Crippen molar-refractivity contribution >= 4 is 14.3 Å². The summed E-state index contributed by atoms with van der Waals surface area (Å²) >= 11 is 0. The third-order valence-electron chi connectivity index (χ3n) is 9.66. The van der Waals surface area contributed by atoms with E-state index in [1.807, 2.05) is 12.2 Å². The van der Waals surface area contributed by atoms with Crippen LogP contribution in [0.15, 0.2) is 60.3 Å². The van der Waals surface area contributed by atoms with Gasteiger partial charge in [0.25, 0.3) is 0 Å². The van der Waals surface area contributed by atoms with Crippen molar-refractivity contribution < 1.29 is 33.3 Å². The number of epoxide rings is 1.